The van der Waals surface area contributed by atoms with E-state index >= 15 is 0 Å². The highest BCUT2D eigenvalue weighted by molar-refractivity contribution is 14.1. The molecule has 1 aliphatic rings. The largest absolute Gasteiger partial charge is 0.324 e. The molecule has 0 amide bonds. The predicted octanol–water partition coefficient (Wildman–Crippen LogP) is 3.00. The minimum absolute atomic E-state index is 0.258. The van der Waals surface area contributed by atoms with Gasteiger partial charge in [-0.05, 0) is 74.6 Å². The van der Waals surface area contributed by atoms with Crippen molar-refractivity contribution in [3.8, 4) is 0 Å². The van der Waals surface area contributed by atoms with Gasteiger partial charge in [-0.25, -0.2) is 0 Å². The topological polar surface area (TPSA) is 26.0 Å². The van der Waals surface area contributed by atoms with Gasteiger partial charge in [0.05, 0.1) is 0 Å². The van der Waals surface area contributed by atoms with Gasteiger partial charge in [-0.3, -0.25) is 0 Å². The van der Waals surface area contributed by atoms with Crippen molar-refractivity contribution < 1.29 is 0 Å². The number of aryl methyl sites for hydroxylation is 1. The Kier molecular flexibility index (Phi) is 2.44. The lowest BCUT2D eigenvalue weighted by Gasteiger charge is -2.06. The van der Waals surface area contributed by atoms with Crippen LogP contribution in [-0.4, -0.2) is 0 Å². The first kappa shape index (κ1) is 8.97. The van der Waals surface area contributed by atoms with E-state index in [0.717, 1.165) is 12.8 Å². The maximum atomic E-state index is 5.94. The molecule has 0 bridgehead atoms. The molecule has 0 radical (unpaired) electrons. The van der Waals surface area contributed by atoms with E-state index in [-0.39, 0.29) is 6.04 Å². The smallest absolute Gasteiger partial charge is 0.0312 e. The maximum Gasteiger partial charge on any atom is 0.0312 e. The molecule has 1 unspecified atom stereocenters. The van der Waals surface area contributed by atoms with E-state index in [1.54, 1.807) is 0 Å². The standard InChI is InChI=1S/C9H9BrIN/c10-7-4-6-5(3-8(7)11)1-2-9(6)12/h3-4,9H,1-2,12H2. The van der Waals surface area contributed by atoms with Crippen LogP contribution in [0.5, 0.6) is 0 Å². The summed E-state index contributed by atoms with van der Waals surface area (Å²) in [6.45, 7) is 0. The third-order valence-corrected chi connectivity index (χ3v) is 4.60. The van der Waals surface area contributed by atoms with Crippen molar-refractivity contribution in [2.75, 3.05) is 0 Å². The minimum atomic E-state index is 0.258. The molecule has 0 fully saturated rings. The Bertz CT molecular complexity index is 325. The van der Waals surface area contributed by atoms with Gasteiger partial charge >= 0.3 is 0 Å². The van der Waals surface area contributed by atoms with Crippen LogP contribution < -0.4 is 5.73 Å². The predicted molar refractivity (Wildman–Crippen MR) is 62.1 cm³/mol. The van der Waals surface area contributed by atoms with E-state index < -0.39 is 0 Å². The number of benzene rings is 1. The molecule has 1 aromatic rings. The Morgan fingerprint density at radius 2 is 2.25 bits per heavy atom. The van der Waals surface area contributed by atoms with Crippen LogP contribution in [0.15, 0.2) is 16.6 Å². The van der Waals surface area contributed by atoms with Crippen LogP contribution in [0.3, 0.4) is 0 Å². The molecule has 3 heteroatoms. The number of halogens is 2. The number of fused-ring (bicyclic) bond motifs is 1. The zero-order valence-electron chi connectivity index (χ0n) is 6.48. The fraction of sp³-hybridized carbons (Fsp3) is 0.333. The zero-order valence-corrected chi connectivity index (χ0v) is 10.2. The lowest BCUT2D eigenvalue weighted by molar-refractivity contribution is 0.713. The summed E-state index contributed by atoms with van der Waals surface area (Å²) in [7, 11) is 0. The van der Waals surface area contributed by atoms with Gasteiger partial charge in [-0.1, -0.05) is 0 Å². The molecule has 0 aromatic heterocycles. The van der Waals surface area contributed by atoms with Crippen LogP contribution in [0.25, 0.3) is 0 Å². The second-order valence-electron chi connectivity index (χ2n) is 3.11. The average Bonchev–Trinajstić information content (AvgIpc) is 2.35. The van der Waals surface area contributed by atoms with Crippen molar-refractivity contribution >= 4 is 38.5 Å². The van der Waals surface area contributed by atoms with Crippen LogP contribution in [0.4, 0.5) is 0 Å². The average molecular weight is 338 g/mol. The lowest BCUT2D eigenvalue weighted by Crippen LogP contribution is -2.05. The first-order valence-corrected chi connectivity index (χ1v) is 5.79. The minimum Gasteiger partial charge on any atom is -0.324 e. The molecule has 64 valence electrons. The molecule has 1 aromatic carbocycles. The molecule has 0 aliphatic heterocycles. The van der Waals surface area contributed by atoms with Gasteiger partial charge in [0.15, 0.2) is 0 Å². The van der Waals surface area contributed by atoms with Gasteiger partial charge < -0.3 is 5.73 Å². The van der Waals surface area contributed by atoms with Gasteiger partial charge in [-0.15, -0.1) is 0 Å². The Morgan fingerprint density at radius 3 is 3.00 bits per heavy atom. The van der Waals surface area contributed by atoms with E-state index in [2.05, 4.69) is 50.7 Å². The number of rotatable bonds is 0. The molecule has 0 heterocycles. The van der Waals surface area contributed by atoms with Crippen molar-refractivity contribution in [2.24, 2.45) is 5.73 Å². The summed E-state index contributed by atoms with van der Waals surface area (Å²) in [5, 5.41) is 0. The molecule has 1 nitrogen and oxygen atoms in total. The van der Waals surface area contributed by atoms with E-state index in [1.165, 1.54) is 19.2 Å². The number of hydrogen-bond acceptors (Lipinski definition) is 1. The zero-order chi connectivity index (χ0) is 8.72. The molecule has 2 N–H and O–H groups in total. The lowest BCUT2D eigenvalue weighted by atomic mass is 10.1. The highest BCUT2D eigenvalue weighted by Gasteiger charge is 2.19. The Hall–Kier alpha value is 0.390. The summed E-state index contributed by atoms with van der Waals surface area (Å²) in [6, 6.07) is 4.65. The van der Waals surface area contributed by atoms with Gasteiger partial charge in [-0.2, -0.15) is 0 Å². The quantitative estimate of drug-likeness (QED) is 0.724. The fourth-order valence-electron chi connectivity index (χ4n) is 1.63. The van der Waals surface area contributed by atoms with Gasteiger partial charge in [0.2, 0.25) is 0 Å². The number of nitrogens with two attached hydrogens (primary N) is 1. The second kappa shape index (κ2) is 3.27. The molecule has 0 spiro atoms. The van der Waals surface area contributed by atoms with Gasteiger partial charge in [0.1, 0.15) is 0 Å². The van der Waals surface area contributed by atoms with Gasteiger partial charge in [0, 0.05) is 14.1 Å². The van der Waals surface area contributed by atoms with Crippen LogP contribution in [0.1, 0.15) is 23.6 Å². The Morgan fingerprint density at radius 1 is 1.50 bits per heavy atom. The molecule has 0 saturated carbocycles. The normalized spacial score (nSPS) is 21.1. The summed E-state index contributed by atoms with van der Waals surface area (Å²) in [5.41, 5.74) is 8.69. The molecule has 12 heavy (non-hydrogen) atoms. The van der Waals surface area contributed by atoms with Crippen molar-refractivity contribution in [2.45, 2.75) is 18.9 Å². The van der Waals surface area contributed by atoms with Crippen LogP contribution in [0.2, 0.25) is 0 Å². The maximum absolute atomic E-state index is 5.94. The van der Waals surface area contributed by atoms with Crippen LogP contribution >= 0.6 is 38.5 Å². The van der Waals surface area contributed by atoms with E-state index in [4.69, 9.17) is 5.73 Å². The van der Waals surface area contributed by atoms with Crippen molar-refractivity contribution in [1.82, 2.24) is 0 Å². The molecule has 2 rings (SSSR count). The molecular weight excluding hydrogens is 329 g/mol. The molecular formula is C9H9BrIN. The van der Waals surface area contributed by atoms with Crippen LogP contribution in [-0.2, 0) is 6.42 Å². The van der Waals surface area contributed by atoms with Crippen molar-refractivity contribution in [1.29, 1.82) is 0 Å². The second-order valence-corrected chi connectivity index (χ2v) is 5.13. The molecule has 0 saturated heterocycles. The SMILES string of the molecule is NC1CCc2cc(I)c(Br)cc21. The van der Waals surface area contributed by atoms with E-state index in [9.17, 15) is 0 Å². The molecule has 1 aliphatic carbocycles. The van der Waals surface area contributed by atoms with E-state index in [0.29, 0.717) is 0 Å². The highest BCUT2D eigenvalue weighted by Crippen LogP contribution is 2.33. The fourth-order valence-corrected chi connectivity index (χ4v) is 2.52. The highest BCUT2D eigenvalue weighted by atomic mass is 127. The molecule has 1 atom stereocenters. The van der Waals surface area contributed by atoms with E-state index in [1.807, 2.05) is 0 Å². The van der Waals surface area contributed by atoms with Crippen molar-refractivity contribution in [3.63, 3.8) is 0 Å². The number of hydrogen-bond donors (Lipinski definition) is 1. The van der Waals surface area contributed by atoms with Gasteiger partial charge in [0.25, 0.3) is 0 Å². The summed E-state index contributed by atoms with van der Waals surface area (Å²) in [6.07, 6.45) is 2.24. The summed E-state index contributed by atoms with van der Waals surface area (Å²) < 4.78 is 2.44. The Labute approximate surface area is 94.0 Å². The van der Waals surface area contributed by atoms with Crippen molar-refractivity contribution in [3.05, 3.63) is 31.3 Å². The first-order chi connectivity index (χ1) is 5.68. The monoisotopic (exact) mass is 337 g/mol. The third-order valence-electron chi connectivity index (χ3n) is 2.31. The third kappa shape index (κ3) is 1.42. The summed E-state index contributed by atoms with van der Waals surface area (Å²) in [4.78, 5) is 0. The Balaban J connectivity index is 2.56. The van der Waals surface area contributed by atoms with Crippen LogP contribution in [0, 0.1) is 3.57 Å². The summed E-state index contributed by atoms with van der Waals surface area (Å²) in [5.74, 6) is 0. The summed E-state index contributed by atoms with van der Waals surface area (Å²) >= 11 is 5.85. The first-order valence-electron chi connectivity index (χ1n) is 3.92.